The number of rotatable bonds is 5. The summed E-state index contributed by atoms with van der Waals surface area (Å²) in [5, 5.41) is 2.79. The lowest BCUT2D eigenvalue weighted by molar-refractivity contribution is -0.129. The lowest BCUT2D eigenvalue weighted by Crippen LogP contribution is -2.35. The molecule has 24 heavy (non-hydrogen) atoms. The number of nitrogens with one attached hydrogen (secondary N) is 1. The van der Waals surface area contributed by atoms with Gasteiger partial charge in [-0.1, -0.05) is 30.3 Å². The molecule has 1 unspecified atom stereocenters. The van der Waals surface area contributed by atoms with E-state index in [1.807, 2.05) is 36.4 Å². The molecule has 0 fully saturated rings. The van der Waals surface area contributed by atoms with Crippen LogP contribution >= 0.6 is 11.3 Å². The van der Waals surface area contributed by atoms with Gasteiger partial charge in [0.1, 0.15) is 4.88 Å². The first-order valence-corrected chi connectivity index (χ1v) is 9.09. The predicted molar refractivity (Wildman–Crippen MR) is 94.1 cm³/mol. The molecule has 1 atom stereocenters. The predicted octanol–water partition coefficient (Wildman–Crippen LogP) is 3.49. The molecule has 1 amide bonds. The maximum atomic E-state index is 12.3. The van der Waals surface area contributed by atoms with Crippen LogP contribution < -0.4 is 5.32 Å². The van der Waals surface area contributed by atoms with Crippen molar-refractivity contribution < 1.29 is 14.3 Å². The highest BCUT2D eigenvalue weighted by Gasteiger charge is 2.22. The summed E-state index contributed by atoms with van der Waals surface area (Å²) in [6.45, 7) is 2.03. The number of esters is 1. The van der Waals surface area contributed by atoms with Crippen LogP contribution in [0.3, 0.4) is 0 Å². The first kappa shape index (κ1) is 16.7. The molecule has 126 valence electrons. The molecule has 2 aromatic rings. The van der Waals surface area contributed by atoms with E-state index in [0.717, 1.165) is 18.4 Å². The average molecular weight is 343 g/mol. The average Bonchev–Trinajstić information content (AvgIpc) is 3.04. The van der Waals surface area contributed by atoms with Gasteiger partial charge in [0, 0.05) is 11.4 Å². The van der Waals surface area contributed by atoms with Crippen molar-refractivity contribution in [1.82, 2.24) is 5.32 Å². The van der Waals surface area contributed by atoms with Gasteiger partial charge in [0.05, 0.1) is 0 Å². The van der Waals surface area contributed by atoms with E-state index in [2.05, 4.69) is 5.32 Å². The fourth-order valence-corrected chi connectivity index (χ4v) is 3.93. The quantitative estimate of drug-likeness (QED) is 0.846. The highest BCUT2D eigenvalue weighted by atomic mass is 32.1. The molecule has 1 N–H and O–H groups in total. The van der Waals surface area contributed by atoms with E-state index < -0.39 is 12.1 Å². The minimum Gasteiger partial charge on any atom is -0.448 e. The second-order valence-corrected chi connectivity index (χ2v) is 7.15. The van der Waals surface area contributed by atoms with E-state index >= 15 is 0 Å². The van der Waals surface area contributed by atoms with Crippen LogP contribution in [0.1, 0.15) is 45.4 Å². The van der Waals surface area contributed by atoms with Gasteiger partial charge in [-0.2, -0.15) is 0 Å². The molecule has 0 aliphatic heterocycles. The van der Waals surface area contributed by atoms with Crippen LogP contribution in [0.15, 0.2) is 36.4 Å². The van der Waals surface area contributed by atoms with E-state index in [4.69, 9.17) is 4.74 Å². The van der Waals surface area contributed by atoms with Crippen LogP contribution in [-0.2, 0) is 28.9 Å². The third kappa shape index (κ3) is 4.03. The summed E-state index contributed by atoms with van der Waals surface area (Å²) in [5.74, 6) is -0.690. The van der Waals surface area contributed by atoms with Gasteiger partial charge in [0.2, 0.25) is 0 Å². The van der Waals surface area contributed by atoms with Crippen molar-refractivity contribution in [3.8, 4) is 0 Å². The van der Waals surface area contributed by atoms with Crippen molar-refractivity contribution in [1.29, 1.82) is 0 Å². The van der Waals surface area contributed by atoms with Crippen molar-refractivity contribution in [3.05, 3.63) is 57.3 Å². The Bertz CT molecular complexity index is 700. The van der Waals surface area contributed by atoms with Crippen LogP contribution in [0, 0.1) is 0 Å². The third-order valence-electron chi connectivity index (χ3n) is 4.16. The molecule has 0 saturated heterocycles. The van der Waals surface area contributed by atoms with Gasteiger partial charge in [-0.05, 0) is 49.8 Å². The monoisotopic (exact) mass is 343 g/mol. The maximum absolute atomic E-state index is 12.3. The zero-order valence-electron chi connectivity index (χ0n) is 13.7. The fraction of sp³-hybridized carbons (Fsp3) is 0.368. The Kier molecular flexibility index (Phi) is 5.30. The van der Waals surface area contributed by atoms with Gasteiger partial charge in [-0.3, -0.25) is 4.79 Å². The molecule has 5 heteroatoms. The summed E-state index contributed by atoms with van der Waals surface area (Å²) in [6.07, 6.45) is 3.63. The molecule has 4 nitrogen and oxygen atoms in total. The lowest BCUT2D eigenvalue weighted by Gasteiger charge is -2.13. The molecule has 1 aromatic carbocycles. The number of ether oxygens (including phenoxy) is 1. The molecule has 1 heterocycles. The summed E-state index contributed by atoms with van der Waals surface area (Å²) in [6, 6.07) is 11.6. The molecule has 0 saturated carbocycles. The molecule has 0 radical (unpaired) electrons. The standard InChI is InChI=1S/C19H21NO3S/c1-13(18(21)20-12-14-7-3-2-4-8-14)23-19(22)17-11-15-9-5-6-10-16(15)24-17/h2-4,7-8,11,13H,5-6,9-10,12H2,1H3,(H,20,21). The second kappa shape index (κ2) is 7.62. The molecular formula is C19H21NO3S. The Morgan fingerprint density at radius 1 is 1.21 bits per heavy atom. The zero-order valence-corrected chi connectivity index (χ0v) is 14.5. The number of amides is 1. The number of carbonyl (C=O) groups excluding carboxylic acids is 2. The van der Waals surface area contributed by atoms with Gasteiger partial charge in [0.25, 0.3) is 5.91 Å². The minimum absolute atomic E-state index is 0.284. The van der Waals surface area contributed by atoms with Crippen LogP contribution in [0.4, 0.5) is 0 Å². The Labute approximate surface area is 145 Å². The number of fused-ring (bicyclic) bond motifs is 1. The molecule has 0 bridgehead atoms. The van der Waals surface area contributed by atoms with Crippen molar-refractivity contribution in [2.24, 2.45) is 0 Å². The van der Waals surface area contributed by atoms with Crippen molar-refractivity contribution in [2.75, 3.05) is 0 Å². The van der Waals surface area contributed by atoms with Crippen molar-refractivity contribution in [3.63, 3.8) is 0 Å². The Morgan fingerprint density at radius 3 is 2.71 bits per heavy atom. The number of hydrogen-bond donors (Lipinski definition) is 1. The van der Waals surface area contributed by atoms with E-state index in [1.54, 1.807) is 6.92 Å². The Balaban J connectivity index is 1.53. The lowest BCUT2D eigenvalue weighted by atomic mass is 9.99. The third-order valence-corrected chi connectivity index (χ3v) is 5.38. The SMILES string of the molecule is CC(OC(=O)c1cc2c(s1)CCCC2)C(=O)NCc1ccccc1. The molecule has 1 aliphatic carbocycles. The number of benzene rings is 1. The van der Waals surface area contributed by atoms with Gasteiger partial charge in [-0.15, -0.1) is 11.3 Å². The summed E-state index contributed by atoms with van der Waals surface area (Å²) in [4.78, 5) is 26.2. The van der Waals surface area contributed by atoms with Crippen LogP contribution in [0.25, 0.3) is 0 Å². The number of aryl methyl sites for hydroxylation is 2. The van der Waals surface area contributed by atoms with Crippen LogP contribution in [-0.4, -0.2) is 18.0 Å². The Morgan fingerprint density at radius 2 is 1.96 bits per heavy atom. The number of thiophene rings is 1. The fourth-order valence-electron chi connectivity index (χ4n) is 2.79. The summed E-state index contributed by atoms with van der Waals surface area (Å²) >= 11 is 1.50. The highest BCUT2D eigenvalue weighted by molar-refractivity contribution is 7.14. The van der Waals surface area contributed by atoms with Gasteiger partial charge >= 0.3 is 5.97 Å². The topological polar surface area (TPSA) is 55.4 Å². The van der Waals surface area contributed by atoms with E-state index in [0.29, 0.717) is 11.4 Å². The van der Waals surface area contributed by atoms with E-state index in [1.165, 1.54) is 34.6 Å². The highest BCUT2D eigenvalue weighted by Crippen LogP contribution is 2.30. The summed E-state index contributed by atoms with van der Waals surface area (Å²) in [5.41, 5.74) is 2.27. The summed E-state index contributed by atoms with van der Waals surface area (Å²) < 4.78 is 5.32. The van der Waals surface area contributed by atoms with E-state index in [9.17, 15) is 9.59 Å². The smallest absolute Gasteiger partial charge is 0.349 e. The minimum atomic E-state index is -0.805. The largest absolute Gasteiger partial charge is 0.448 e. The van der Waals surface area contributed by atoms with Crippen LogP contribution in [0.2, 0.25) is 0 Å². The zero-order chi connectivity index (χ0) is 16.9. The maximum Gasteiger partial charge on any atom is 0.349 e. The first-order valence-electron chi connectivity index (χ1n) is 8.27. The number of carbonyl (C=O) groups is 2. The molecule has 0 spiro atoms. The molecular weight excluding hydrogens is 322 g/mol. The Hall–Kier alpha value is -2.14. The molecule has 1 aliphatic rings. The molecule has 1 aromatic heterocycles. The normalized spacial score (nSPS) is 14.5. The van der Waals surface area contributed by atoms with Gasteiger partial charge in [-0.25, -0.2) is 4.79 Å². The van der Waals surface area contributed by atoms with Crippen LogP contribution in [0.5, 0.6) is 0 Å². The van der Waals surface area contributed by atoms with E-state index in [-0.39, 0.29) is 5.91 Å². The summed E-state index contributed by atoms with van der Waals surface area (Å²) in [7, 11) is 0. The van der Waals surface area contributed by atoms with Gasteiger partial charge in [0.15, 0.2) is 6.10 Å². The van der Waals surface area contributed by atoms with Gasteiger partial charge < -0.3 is 10.1 Å². The first-order chi connectivity index (χ1) is 11.6. The second-order valence-electron chi connectivity index (χ2n) is 6.02. The molecule has 3 rings (SSSR count). The van der Waals surface area contributed by atoms with Crippen molar-refractivity contribution in [2.45, 2.75) is 45.3 Å². The number of hydrogen-bond acceptors (Lipinski definition) is 4. The van der Waals surface area contributed by atoms with Crippen molar-refractivity contribution >= 4 is 23.2 Å².